The van der Waals surface area contributed by atoms with E-state index in [2.05, 4.69) is 24.5 Å². The maximum Gasteiger partial charge on any atom is 0.185 e. The number of hydrogen-bond donors (Lipinski definition) is 0. The normalized spacial score (nSPS) is 11.0. The molecule has 0 radical (unpaired) electrons. The first-order chi connectivity index (χ1) is 12.1. The van der Waals surface area contributed by atoms with Gasteiger partial charge in [0.15, 0.2) is 5.78 Å². The molecule has 1 heterocycles. The Hall–Kier alpha value is -3.07. The number of aromatic nitrogens is 1. The van der Waals surface area contributed by atoms with Crippen molar-refractivity contribution >= 4 is 11.9 Å². The second-order valence-electron chi connectivity index (χ2n) is 5.92. The van der Waals surface area contributed by atoms with Gasteiger partial charge in [0.2, 0.25) is 0 Å². The lowest BCUT2D eigenvalue weighted by Gasteiger charge is -2.10. The number of hydrogen-bond acceptors (Lipinski definition) is 2. The fourth-order valence-corrected chi connectivity index (χ4v) is 2.95. The van der Waals surface area contributed by atoms with Crippen molar-refractivity contribution in [3.05, 3.63) is 89.3 Å². The largest absolute Gasteiger partial charge is 0.497 e. The van der Waals surface area contributed by atoms with E-state index in [1.165, 1.54) is 0 Å². The first-order valence-corrected chi connectivity index (χ1v) is 8.21. The number of ketones is 1. The number of aryl methyl sites for hydroxylation is 1. The number of methoxy groups -OCH3 is 1. The summed E-state index contributed by atoms with van der Waals surface area (Å²) in [5.41, 5.74) is 5.03. The lowest BCUT2D eigenvalue weighted by atomic mass is 10.1. The Kier molecular flexibility index (Phi) is 4.85. The van der Waals surface area contributed by atoms with Gasteiger partial charge in [-0.15, -0.1) is 0 Å². The first-order valence-electron chi connectivity index (χ1n) is 8.21. The van der Waals surface area contributed by atoms with Gasteiger partial charge in [-0.1, -0.05) is 30.3 Å². The van der Waals surface area contributed by atoms with E-state index >= 15 is 0 Å². The summed E-state index contributed by atoms with van der Waals surface area (Å²) < 4.78 is 7.39. The standard InChI is InChI=1S/C22H21NO2/c1-16-15-19(9-14-22(24)18-7-5-4-6-8-18)17(2)23(16)20-10-12-21(25-3)13-11-20/h4-15H,1-3H3/b14-9+. The Morgan fingerprint density at radius 3 is 2.32 bits per heavy atom. The molecule has 0 saturated carbocycles. The van der Waals surface area contributed by atoms with Crippen molar-refractivity contribution in [3.63, 3.8) is 0 Å². The summed E-state index contributed by atoms with van der Waals surface area (Å²) in [6.07, 6.45) is 3.52. The van der Waals surface area contributed by atoms with E-state index in [0.29, 0.717) is 5.56 Å². The fourth-order valence-electron chi connectivity index (χ4n) is 2.95. The molecule has 3 rings (SSSR count). The summed E-state index contributed by atoms with van der Waals surface area (Å²) in [6.45, 7) is 4.12. The van der Waals surface area contributed by atoms with Crippen LogP contribution in [0.2, 0.25) is 0 Å². The van der Waals surface area contributed by atoms with Gasteiger partial charge in [-0.25, -0.2) is 0 Å². The van der Waals surface area contributed by atoms with Gasteiger partial charge in [0.05, 0.1) is 7.11 Å². The van der Waals surface area contributed by atoms with Crippen LogP contribution < -0.4 is 4.74 Å². The summed E-state index contributed by atoms with van der Waals surface area (Å²) in [5.74, 6) is 0.842. The minimum atomic E-state index is 0.00912. The number of nitrogens with zero attached hydrogens (tertiary/aromatic N) is 1. The van der Waals surface area contributed by atoms with E-state index in [9.17, 15) is 4.79 Å². The summed E-state index contributed by atoms with van der Waals surface area (Å²) >= 11 is 0. The molecule has 0 atom stereocenters. The number of allylic oxidation sites excluding steroid dienone is 1. The highest BCUT2D eigenvalue weighted by Crippen LogP contribution is 2.23. The van der Waals surface area contributed by atoms with Gasteiger partial charge in [-0.05, 0) is 61.9 Å². The highest BCUT2D eigenvalue weighted by molar-refractivity contribution is 6.06. The second-order valence-corrected chi connectivity index (χ2v) is 5.92. The fraction of sp³-hybridized carbons (Fsp3) is 0.136. The lowest BCUT2D eigenvalue weighted by Crippen LogP contribution is -1.99. The van der Waals surface area contributed by atoms with Crippen LogP contribution in [-0.4, -0.2) is 17.5 Å². The van der Waals surface area contributed by atoms with Crippen LogP contribution in [0.3, 0.4) is 0 Å². The molecule has 3 aromatic rings. The highest BCUT2D eigenvalue weighted by Gasteiger charge is 2.09. The number of carbonyl (C=O) groups is 1. The van der Waals surface area contributed by atoms with Gasteiger partial charge < -0.3 is 9.30 Å². The monoisotopic (exact) mass is 331 g/mol. The summed E-state index contributed by atoms with van der Waals surface area (Å²) in [7, 11) is 1.66. The average molecular weight is 331 g/mol. The molecule has 1 aromatic heterocycles. The van der Waals surface area contributed by atoms with Crippen LogP contribution in [0.25, 0.3) is 11.8 Å². The molecule has 3 heteroatoms. The van der Waals surface area contributed by atoms with E-state index in [1.54, 1.807) is 13.2 Å². The molecule has 0 unspecified atom stereocenters. The Balaban J connectivity index is 1.89. The molecular weight excluding hydrogens is 310 g/mol. The van der Waals surface area contributed by atoms with Crippen LogP contribution in [0, 0.1) is 13.8 Å². The molecule has 0 spiro atoms. The molecule has 0 saturated heterocycles. The molecule has 126 valence electrons. The van der Waals surface area contributed by atoms with Gasteiger partial charge in [0, 0.05) is 22.6 Å². The van der Waals surface area contributed by atoms with Crippen molar-refractivity contribution in [2.45, 2.75) is 13.8 Å². The first kappa shape index (κ1) is 16.8. The maximum absolute atomic E-state index is 12.3. The quantitative estimate of drug-likeness (QED) is 0.487. The predicted octanol–water partition coefficient (Wildman–Crippen LogP) is 5.00. The van der Waals surface area contributed by atoms with Crippen molar-refractivity contribution in [2.75, 3.05) is 7.11 Å². The third-order valence-electron chi connectivity index (χ3n) is 4.27. The third kappa shape index (κ3) is 3.56. The zero-order chi connectivity index (χ0) is 17.8. The zero-order valence-corrected chi connectivity index (χ0v) is 14.7. The molecule has 25 heavy (non-hydrogen) atoms. The van der Waals surface area contributed by atoms with Gasteiger partial charge >= 0.3 is 0 Å². The van der Waals surface area contributed by atoms with Gasteiger partial charge in [-0.2, -0.15) is 0 Å². The SMILES string of the molecule is COc1ccc(-n2c(C)cc(/C=C/C(=O)c3ccccc3)c2C)cc1. The molecule has 0 N–H and O–H groups in total. The molecule has 0 aliphatic carbocycles. The average Bonchev–Trinajstić information content (AvgIpc) is 2.94. The number of benzene rings is 2. The molecule has 0 bridgehead atoms. The molecule has 0 amide bonds. The Bertz CT molecular complexity index is 903. The van der Waals surface area contributed by atoms with Crippen molar-refractivity contribution < 1.29 is 9.53 Å². The zero-order valence-electron chi connectivity index (χ0n) is 14.7. The minimum Gasteiger partial charge on any atom is -0.497 e. The molecule has 2 aromatic carbocycles. The smallest absolute Gasteiger partial charge is 0.185 e. The van der Waals surface area contributed by atoms with E-state index in [1.807, 2.05) is 60.7 Å². The van der Waals surface area contributed by atoms with Gasteiger partial charge in [0.1, 0.15) is 5.75 Å². The third-order valence-corrected chi connectivity index (χ3v) is 4.27. The number of carbonyl (C=O) groups excluding carboxylic acids is 1. The van der Waals surface area contributed by atoms with Crippen LogP contribution in [0.15, 0.2) is 66.7 Å². The Morgan fingerprint density at radius 1 is 1.00 bits per heavy atom. The molecule has 0 aliphatic heterocycles. The molecule has 0 fully saturated rings. The molecular formula is C22H21NO2. The lowest BCUT2D eigenvalue weighted by molar-refractivity contribution is 0.104. The summed E-state index contributed by atoms with van der Waals surface area (Å²) in [6, 6.07) is 19.3. The van der Waals surface area contributed by atoms with E-state index < -0.39 is 0 Å². The van der Waals surface area contributed by atoms with E-state index in [-0.39, 0.29) is 5.78 Å². The van der Waals surface area contributed by atoms with Crippen LogP contribution in [0.5, 0.6) is 5.75 Å². The molecule has 3 nitrogen and oxygen atoms in total. The molecule has 0 aliphatic rings. The van der Waals surface area contributed by atoms with Crippen LogP contribution in [-0.2, 0) is 0 Å². The van der Waals surface area contributed by atoms with Crippen molar-refractivity contribution in [1.82, 2.24) is 4.57 Å². The van der Waals surface area contributed by atoms with Crippen molar-refractivity contribution in [1.29, 1.82) is 0 Å². The summed E-state index contributed by atoms with van der Waals surface area (Å²) in [4.78, 5) is 12.3. The van der Waals surface area contributed by atoms with Gasteiger partial charge in [0.25, 0.3) is 0 Å². The van der Waals surface area contributed by atoms with Gasteiger partial charge in [-0.3, -0.25) is 4.79 Å². The Labute approximate surface area is 148 Å². The summed E-state index contributed by atoms with van der Waals surface area (Å²) in [5, 5.41) is 0. The van der Waals surface area contributed by atoms with Crippen molar-refractivity contribution in [2.24, 2.45) is 0 Å². The van der Waals surface area contributed by atoms with Crippen molar-refractivity contribution in [3.8, 4) is 11.4 Å². The Morgan fingerprint density at radius 2 is 1.68 bits per heavy atom. The predicted molar refractivity (Wildman–Crippen MR) is 102 cm³/mol. The minimum absolute atomic E-state index is 0.00912. The van der Waals surface area contributed by atoms with Crippen LogP contribution >= 0.6 is 0 Å². The second kappa shape index (κ2) is 7.22. The van der Waals surface area contributed by atoms with Crippen LogP contribution in [0.4, 0.5) is 0 Å². The highest BCUT2D eigenvalue weighted by atomic mass is 16.5. The maximum atomic E-state index is 12.3. The van der Waals surface area contributed by atoms with Crippen LogP contribution in [0.1, 0.15) is 27.3 Å². The number of rotatable bonds is 5. The van der Waals surface area contributed by atoms with E-state index in [4.69, 9.17) is 4.74 Å². The topological polar surface area (TPSA) is 31.2 Å². The number of ether oxygens (including phenoxy) is 1. The van der Waals surface area contributed by atoms with E-state index in [0.717, 1.165) is 28.4 Å².